The minimum absolute atomic E-state index is 0.150. The highest BCUT2D eigenvalue weighted by Crippen LogP contribution is 2.27. The molecule has 0 amide bonds. The highest BCUT2D eigenvalue weighted by atomic mass is 32.1. The van der Waals surface area contributed by atoms with Gasteiger partial charge in [0.1, 0.15) is 17.0 Å². The van der Waals surface area contributed by atoms with Crippen LogP contribution in [0.3, 0.4) is 0 Å². The molecule has 0 aliphatic rings. The number of hydrogen-bond acceptors (Lipinski definition) is 6. The molecular formula is C13H17N3O2S. The Morgan fingerprint density at radius 3 is 3.11 bits per heavy atom. The lowest BCUT2D eigenvalue weighted by atomic mass is 10.3. The van der Waals surface area contributed by atoms with Gasteiger partial charge in [-0.3, -0.25) is 4.79 Å². The van der Waals surface area contributed by atoms with Crippen molar-refractivity contribution in [2.75, 3.05) is 18.5 Å². The molecule has 0 saturated carbocycles. The van der Waals surface area contributed by atoms with Crippen LogP contribution in [0.5, 0.6) is 0 Å². The molecule has 0 saturated heterocycles. The molecule has 0 bridgehead atoms. The number of anilines is 1. The number of nitrogens with one attached hydrogen (secondary N) is 1. The monoisotopic (exact) mass is 279 g/mol. The van der Waals surface area contributed by atoms with Crippen molar-refractivity contribution in [3.8, 4) is 0 Å². The van der Waals surface area contributed by atoms with Gasteiger partial charge >= 0.3 is 5.97 Å². The van der Waals surface area contributed by atoms with Gasteiger partial charge in [-0.25, -0.2) is 9.97 Å². The quantitative estimate of drug-likeness (QED) is 0.650. The van der Waals surface area contributed by atoms with Crippen molar-refractivity contribution in [1.82, 2.24) is 9.97 Å². The average molecular weight is 279 g/mol. The fourth-order valence-corrected chi connectivity index (χ4v) is 2.64. The molecule has 2 aromatic heterocycles. The zero-order valence-electron chi connectivity index (χ0n) is 11.1. The van der Waals surface area contributed by atoms with Crippen molar-refractivity contribution in [2.24, 2.45) is 0 Å². The summed E-state index contributed by atoms with van der Waals surface area (Å²) in [4.78, 5) is 21.9. The van der Waals surface area contributed by atoms with E-state index in [1.807, 2.05) is 6.92 Å². The lowest BCUT2D eigenvalue weighted by Gasteiger charge is -2.06. The summed E-state index contributed by atoms with van der Waals surface area (Å²) < 4.78 is 4.88. The first-order valence-corrected chi connectivity index (χ1v) is 7.13. The second-order valence-electron chi connectivity index (χ2n) is 4.13. The number of aryl methyl sites for hydroxylation is 1. The van der Waals surface area contributed by atoms with Gasteiger partial charge in [0.15, 0.2) is 0 Å². The molecule has 2 rings (SSSR count). The number of nitrogens with zero attached hydrogens (tertiary/aromatic N) is 2. The molecule has 0 aromatic carbocycles. The second-order valence-corrected chi connectivity index (χ2v) is 5.37. The summed E-state index contributed by atoms with van der Waals surface area (Å²) in [5.41, 5.74) is 0. The van der Waals surface area contributed by atoms with E-state index in [-0.39, 0.29) is 5.97 Å². The number of thiophene rings is 1. The van der Waals surface area contributed by atoms with Gasteiger partial charge in [0, 0.05) is 17.8 Å². The molecule has 6 heteroatoms. The number of carbonyl (C=O) groups is 1. The van der Waals surface area contributed by atoms with Gasteiger partial charge in [-0.05, 0) is 26.3 Å². The Kier molecular flexibility index (Phi) is 4.68. The van der Waals surface area contributed by atoms with Gasteiger partial charge in [0.25, 0.3) is 0 Å². The molecule has 102 valence electrons. The largest absolute Gasteiger partial charge is 0.466 e. The molecule has 0 radical (unpaired) electrons. The zero-order chi connectivity index (χ0) is 13.7. The average Bonchev–Trinajstić information content (AvgIpc) is 2.76. The van der Waals surface area contributed by atoms with Gasteiger partial charge in [-0.2, -0.15) is 0 Å². The van der Waals surface area contributed by atoms with Crippen LogP contribution in [0.1, 0.15) is 24.6 Å². The Bertz CT molecular complexity index is 568. The number of rotatable bonds is 6. The SMILES string of the molecule is CCOC(=O)CCCNc1ncnc2sc(C)cc12. The molecule has 2 aromatic rings. The minimum Gasteiger partial charge on any atom is -0.466 e. The fourth-order valence-electron chi connectivity index (χ4n) is 1.79. The van der Waals surface area contributed by atoms with Crippen molar-refractivity contribution in [3.05, 3.63) is 17.3 Å². The van der Waals surface area contributed by atoms with Crippen molar-refractivity contribution in [3.63, 3.8) is 0 Å². The second kappa shape index (κ2) is 6.47. The van der Waals surface area contributed by atoms with Crippen LogP contribution in [-0.4, -0.2) is 29.1 Å². The van der Waals surface area contributed by atoms with Gasteiger partial charge < -0.3 is 10.1 Å². The summed E-state index contributed by atoms with van der Waals surface area (Å²) in [6.45, 7) is 5.00. The van der Waals surface area contributed by atoms with E-state index in [2.05, 4.69) is 28.3 Å². The standard InChI is InChI=1S/C13H17N3O2S/c1-3-18-11(17)5-4-6-14-12-10-7-9(2)19-13(10)16-8-15-12/h7-8H,3-6H2,1-2H3,(H,14,15,16). The maximum Gasteiger partial charge on any atom is 0.305 e. The Morgan fingerprint density at radius 2 is 2.32 bits per heavy atom. The summed E-state index contributed by atoms with van der Waals surface area (Å²) in [5, 5.41) is 4.29. The van der Waals surface area contributed by atoms with Crippen LogP contribution < -0.4 is 5.32 Å². The smallest absolute Gasteiger partial charge is 0.305 e. The highest BCUT2D eigenvalue weighted by molar-refractivity contribution is 7.18. The minimum atomic E-state index is -0.150. The van der Waals surface area contributed by atoms with E-state index in [9.17, 15) is 4.79 Å². The van der Waals surface area contributed by atoms with Gasteiger partial charge in [0.05, 0.1) is 12.0 Å². The molecule has 0 unspecified atom stereocenters. The zero-order valence-corrected chi connectivity index (χ0v) is 11.9. The summed E-state index contributed by atoms with van der Waals surface area (Å²) in [5.74, 6) is 0.682. The van der Waals surface area contributed by atoms with Crippen LogP contribution in [-0.2, 0) is 9.53 Å². The van der Waals surface area contributed by atoms with Gasteiger partial charge in [0.2, 0.25) is 0 Å². The van der Waals surface area contributed by atoms with Gasteiger partial charge in [-0.15, -0.1) is 11.3 Å². The van der Waals surface area contributed by atoms with E-state index in [0.29, 0.717) is 19.6 Å². The molecular weight excluding hydrogens is 262 g/mol. The number of aromatic nitrogens is 2. The number of esters is 1. The number of fused-ring (bicyclic) bond motifs is 1. The maximum absolute atomic E-state index is 11.2. The van der Waals surface area contributed by atoms with Crippen molar-refractivity contribution < 1.29 is 9.53 Å². The van der Waals surface area contributed by atoms with Gasteiger partial charge in [-0.1, -0.05) is 0 Å². The van der Waals surface area contributed by atoms with Crippen molar-refractivity contribution in [2.45, 2.75) is 26.7 Å². The van der Waals surface area contributed by atoms with Crippen molar-refractivity contribution >= 4 is 33.3 Å². The number of carbonyl (C=O) groups excluding carboxylic acids is 1. The highest BCUT2D eigenvalue weighted by Gasteiger charge is 2.06. The van der Waals surface area contributed by atoms with Crippen molar-refractivity contribution in [1.29, 1.82) is 0 Å². The summed E-state index contributed by atoms with van der Waals surface area (Å²) in [7, 11) is 0. The van der Waals surface area contributed by atoms with E-state index in [1.165, 1.54) is 4.88 Å². The van der Waals surface area contributed by atoms with E-state index < -0.39 is 0 Å². The predicted octanol–water partition coefficient (Wildman–Crippen LogP) is 2.75. The van der Waals surface area contributed by atoms with Crippen LogP contribution in [0.15, 0.2) is 12.4 Å². The maximum atomic E-state index is 11.2. The van der Waals surface area contributed by atoms with E-state index in [1.54, 1.807) is 17.7 Å². The predicted molar refractivity (Wildman–Crippen MR) is 76.5 cm³/mol. The topological polar surface area (TPSA) is 64.1 Å². The Balaban J connectivity index is 1.89. The fraction of sp³-hybridized carbons (Fsp3) is 0.462. The molecule has 0 atom stereocenters. The summed E-state index contributed by atoms with van der Waals surface area (Å²) >= 11 is 1.65. The lowest BCUT2D eigenvalue weighted by molar-refractivity contribution is -0.143. The molecule has 0 aliphatic heterocycles. The Labute approximate surface area is 116 Å². The number of ether oxygens (including phenoxy) is 1. The number of hydrogen-bond donors (Lipinski definition) is 1. The summed E-state index contributed by atoms with van der Waals surface area (Å²) in [6.07, 6.45) is 2.72. The first kappa shape index (κ1) is 13.7. The molecule has 5 nitrogen and oxygen atoms in total. The first-order chi connectivity index (χ1) is 9.20. The van der Waals surface area contributed by atoms with E-state index >= 15 is 0 Å². The van der Waals surface area contributed by atoms with E-state index in [0.717, 1.165) is 22.5 Å². The third-order valence-corrected chi connectivity index (χ3v) is 3.57. The first-order valence-electron chi connectivity index (χ1n) is 6.31. The molecule has 0 aliphatic carbocycles. The molecule has 0 fully saturated rings. The van der Waals surface area contributed by atoms with Crippen LogP contribution in [0.25, 0.3) is 10.2 Å². The van der Waals surface area contributed by atoms with Crippen LogP contribution in [0.2, 0.25) is 0 Å². The summed E-state index contributed by atoms with van der Waals surface area (Å²) in [6, 6.07) is 2.08. The normalized spacial score (nSPS) is 10.6. The molecule has 1 N–H and O–H groups in total. The molecule has 19 heavy (non-hydrogen) atoms. The lowest BCUT2D eigenvalue weighted by Crippen LogP contribution is -2.09. The van der Waals surface area contributed by atoms with Crippen LogP contribution in [0, 0.1) is 6.92 Å². The Hall–Kier alpha value is -1.69. The third-order valence-electron chi connectivity index (χ3n) is 2.61. The molecule has 0 spiro atoms. The molecule has 2 heterocycles. The Morgan fingerprint density at radius 1 is 1.47 bits per heavy atom. The van der Waals surface area contributed by atoms with Crippen LogP contribution in [0.4, 0.5) is 5.82 Å². The third kappa shape index (κ3) is 3.64. The van der Waals surface area contributed by atoms with E-state index in [4.69, 9.17) is 4.74 Å². The van der Waals surface area contributed by atoms with Crippen LogP contribution >= 0.6 is 11.3 Å².